The highest BCUT2D eigenvalue weighted by molar-refractivity contribution is 6.92. The Kier molecular flexibility index (Phi) is 165000. The zero-order chi connectivity index (χ0) is 0. The molecule has 5 heteroatoms. The van der Waals surface area contributed by atoms with Crippen molar-refractivity contribution in [1.82, 2.24) is 0 Å². The molecule has 8 N–H and O–H groups in total. The highest BCUT2D eigenvalue weighted by Crippen LogP contribution is 0.861. The average Bonchev–Trinajstić information content (AvgIpc) is 0. The van der Waals surface area contributed by atoms with Crippen molar-refractivity contribution in [1.29, 1.82) is 0 Å². The fourth-order valence-corrected chi connectivity index (χ4v) is 0. The molecule has 0 aliphatic carbocycles. The quantitative estimate of drug-likeness (QED) is 0.288. The summed E-state index contributed by atoms with van der Waals surface area (Å²) in [5, 5.41) is 0. The smallest absolute Gasteiger partial charge is 0.153 e. The largest absolute Gasteiger partial charge is 0.412 e. The summed E-state index contributed by atoms with van der Waals surface area (Å²) in [7, 11) is 0. The van der Waals surface area contributed by atoms with Crippen LogP contribution in [0, 0.1) is 0 Å². The normalized spacial score (nSPS) is 0. The molecule has 0 rings (SSSR count). The molecular formula is H11O4P. The molecule has 40 valence electrons. The standard InChI is InChI=1S/4H2O.H3P/h4*1H2;1H3. The van der Waals surface area contributed by atoms with E-state index in [1.165, 1.54) is 0 Å². The maximum Gasteiger partial charge on any atom is -0.153 e. The van der Waals surface area contributed by atoms with Gasteiger partial charge in [0, 0.05) is 0 Å². The van der Waals surface area contributed by atoms with E-state index >= 15 is 0 Å². The molecule has 0 aromatic rings. The summed E-state index contributed by atoms with van der Waals surface area (Å²) in [6.45, 7) is 0. The van der Waals surface area contributed by atoms with Gasteiger partial charge in [-0.15, -0.1) is 0 Å². The minimum Gasteiger partial charge on any atom is -0.412 e. The third kappa shape index (κ3) is 302. The van der Waals surface area contributed by atoms with Gasteiger partial charge in [-0.25, -0.2) is 0 Å². The molecule has 1 unspecified atom stereocenters. The van der Waals surface area contributed by atoms with Crippen molar-refractivity contribution in [3.8, 4) is 0 Å². The Morgan fingerprint density at radius 2 is 0.400 bits per heavy atom. The first-order valence-electron chi connectivity index (χ1n) is 0. The minimum atomic E-state index is 0. The first-order chi connectivity index (χ1) is 0. The topological polar surface area (TPSA) is 126 Å². The predicted molar refractivity (Wildman–Crippen MR) is 25.6 cm³/mol. The van der Waals surface area contributed by atoms with Crippen LogP contribution in [0.3, 0.4) is 0 Å². The van der Waals surface area contributed by atoms with Crippen LogP contribution in [-0.2, 0) is 0 Å². The fraction of sp³-hybridized carbons (Fsp3) is 0. The first kappa shape index (κ1) is 1320. The molecule has 0 amide bonds. The monoisotopic (exact) mass is 106 g/mol. The second kappa shape index (κ2) is 626. The summed E-state index contributed by atoms with van der Waals surface area (Å²) < 4.78 is 0. The van der Waals surface area contributed by atoms with Crippen LogP contribution in [0.5, 0.6) is 0 Å². The van der Waals surface area contributed by atoms with Crippen molar-refractivity contribution in [3.63, 3.8) is 0 Å². The van der Waals surface area contributed by atoms with Gasteiger partial charge in [-0.1, -0.05) is 0 Å². The maximum atomic E-state index is 0. The molecule has 0 saturated heterocycles. The molecule has 0 radical (unpaired) electrons. The molecule has 0 heterocycles. The molecular weight excluding hydrogens is 95.0 g/mol. The van der Waals surface area contributed by atoms with Crippen LogP contribution >= 0.6 is 9.90 Å². The molecule has 4 nitrogen and oxygen atoms in total. The van der Waals surface area contributed by atoms with Gasteiger partial charge >= 0.3 is 0 Å². The molecule has 0 spiro atoms. The lowest BCUT2D eigenvalue weighted by molar-refractivity contribution is 0.823. The lowest BCUT2D eigenvalue weighted by Gasteiger charge is -0.413. The average molecular weight is 106 g/mol. The van der Waals surface area contributed by atoms with Crippen molar-refractivity contribution in [2.45, 2.75) is 0 Å². The maximum absolute atomic E-state index is 0. The van der Waals surface area contributed by atoms with Crippen molar-refractivity contribution >= 4 is 9.90 Å². The van der Waals surface area contributed by atoms with Gasteiger partial charge in [0.25, 0.3) is 0 Å². The van der Waals surface area contributed by atoms with Crippen molar-refractivity contribution in [2.75, 3.05) is 0 Å². The summed E-state index contributed by atoms with van der Waals surface area (Å²) in [4.78, 5) is 0. The summed E-state index contributed by atoms with van der Waals surface area (Å²) in [6, 6.07) is 0. The van der Waals surface area contributed by atoms with Gasteiger partial charge in [0.2, 0.25) is 0 Å². The minimum absolute atomic E-state index is 0. The second-order valence-electron chi connectivity index (χ2n) is 0. The Balaban J connectivity index is 0. The molecule has 5 heavy (non-hydrogen) atoms. The molecule has 0 aliphatic heterocycles. The van der Waals surface area contributed by atoms with Crippen LogP contribution in [0.15, 0.2) is 0 Å². The first-order valence-corrected chi connectivity index (χ1v) is 0. The Morgan fingerprint density at radius 1 is 0.400 bits per heavy atom. The molecule has 0 bridgehead atoms. The van der Waals surface area contributed by atoms with E-state index in [9.17, 15) is 0 Å². The van der Waals surface area contributed by atoms with Crippen molar-refractivity contribution in [2.24, 2.45) is 0 Å². The van der Waals surface area contributed by atoms with Crippen LogP contribution in [0.2, 0.25) is 0 Å². The third-order valence-corrected chi connectivity index (χ3v) is 0. The van der Waals surface area contributed by atoms with Crippen molar-refractivity contribution < 1.29 is 21.9 Å². The van der Waals surface area contributed by atoms with Gasteiger partial charge in [0.1, 0.15) is 0 Å². The molecule has 0 saturated carbocycles. The van der Waals surface area contributed by atoms with E-state index in [0.717, 1.165) is 0 Å². The predicted octanol–water partition coefficient (Wildman–Crippen LogP) is -3.24. The van der Waals surface area contributed by atoms with Gasteiger partial charge < -0.3 is 21.9 Å². The fourth-order valence-electron chi connectivity index (χ4n) is 0. The van der Waals surface area contributed by atoms with Gasteiger partial charge in [-0.3, -0.25) is 0 Å². The van der Waals surface area contributed by atoms with Crippen LogP contribution in [0.1, 0.15) is 0 Å². The summed E-state index contributed by atoms with van der Waals surface area (Å²) >= 11 is 0. The van der Waals surface area contributed by atoms with E-state index in [4.69, 9.17) is 0 Å². The second-order valence-corrected chi connectivity index (χ2v) is 0. The lowest BCUT2D eigenvalue weighted by atomic mass is 16.0. The molecule has 0 aliphatic rings. The highest BCUT2D eigenvalue weighted by atomic mass is 31.0. The van der Waals surface area contributed by atoms with Crippen molar-refractivity contribution in [3.05, 3.63) is 0 Å². The Labute approximate surface area is 33.0 Å². The Bertz CT molecular complexity index is 3.61. The SMILES string of the molecule is O.O.O.O.P. The van der Waals surface area contributed by atoms with Gasteiger partial charge in [0.05, 0.1) is 0 Å². The Hall–Kier alpha value is 0.270. The van der Waals surface area contributed by atoms with Crippen LogP contribution in [-0.4, -0.2) is 21.9 Å². The Morgan fingerprint density at radius 3 is 0.400 bits per heavy atom. The van der Waals surface area contributed by atoms with E-state index in [-0.39, 0.29) is 31.8 Å². The van der Waals surface area contributed by atoms with Crippen LogP contribution < -0.4 is 0 Å². The van der Waals surface area contributed by atoms with Crippen LogP contribution in [0.25, 0.3) is 0 Å². The summed E-state index contributed by atoms with van der Waals surface area (Å²) in [6.07, 6.45) is 0. The molecule has 1 atom stereocenters. The summed E-state index contributed by atoms with van der Waals surface area (Å²) in [5.41, 5.74) is 0. The molecule has 0 fully saturated rings. The lowest BCUT2D eigenvalue weighted by Crippen LogP contribution is -0.290. The van der Waals surface area contributed by atoms with Gasteiger partial charge in [-0.2, -0.15) is 9.90 Å². The number of hydrogen-bond acceptors (Lipinski definition) is 0. The zero-order valence-corrected chi connectivity index (χ0v) is 4.12. The van der Waals surface area contributed by atoms with E-state index < -0.39 is 0 Å². The zero-order valence-electron chi connectivity index (χ0n) is 2.71. The molecule has 0 aromatic heterocycles. The number of rotatable bonds is 0. The number of hydrogen-bond donors (Lipinski definition) is 0. The highest BCUT2D eigenvalue weighted by Gasteiger charge is -0.153. The van der Waals surface area contributed by atoms with Gasteiger partial charge in [-0.05, 0) is 0 Å². The van der Waals surface area contributed by atoms with E-state index in [1.807, 2.05) is 0 Å². The summed E-state index contributed by atoms with van der Waals surface area (Å²) in [5.74, 6) is 0. The van der Waals surface area contributed by atoms with E-state index in [1.54, 1.807) is 0 Å². The van der Waals surface area contributed by atoms with Gasteiger partial charge in [0.15, 0.2) is 0 Å². The van der Waals surface area contributed by atoms with Crippen LogP contribution in [0.4, 0.5) is 0 Å². The van der Waals surface area contributed by atoms with E-state index in [2.05, 4.69) is 0 Å². The van der Waals surface area contributed by atoms with E-state index in [0.29, 0.717) is 0 Å². The third-order valence-electron chi connectivity index (χ3n) is 0. The molecule has 0 aromatic carbocycles.